The van der Waals surface area contributed by atoms with Crippen LogP contribution in [0.25, 0.3) is 0 Å². The number of phosphoric ester groups is 1. The number of nitrogens with zero attached hydrogens (tertiary/aromatic N) is 2. The van der Waals surface area contributed by atoms with Crippen LogP contribution in [0.2, 0.25) is 0 Å². The lowest BCUT2D eigenvalue weighted by atomic mass is 10.2. The summed E-state index contributed by atoms with van der Waals surface area (Å²) in [5.74, 6) is -0.0112. The van der Waals surface area contributed by atoms with Crippen LogP contribution in [0, 0.1) is 0 Å². The predicted molar refractivity (Wildman–Crippen MR) is 101 cm³/mol. The SMILES string of the molecule is C=CCO[C@H]1C[C@H](n2ccc(N)nc2=O)O[C@@H]1COP(=O)(O)OP(=O)(O)OP(=O)(O)O. The lowest BCUT2D eigenvalue weighted by Crippen LogP contribution is -2.29. The number of hydrogen-bond acceptors (Lipinski definition) is 11. The van der Waals surface area contributed by atoms with Gasteiger partial charge in [0.25, 0.3) is 0 Å². The first-order valence-corrected chi connectivity index (χ1v) is 12.7. The molecule has 1 aliphatic heterocycles. The summed E-state index contributed by atoms with van der Waals surface area (Å²) in [4.78, 5) is 51.4. The summed E-state index contributed by atoms with van der Waals surface area (Å²) in [5.41, 5.74) is 4.71. The van der Waals surface area contributed by atoms with Gasteiger partial charge in [0.2, 0.25) is 0 Å². The van der Waals surface area contributed by atoms with Gasteiger partial charge >= 0.3 is 29.2 Å². The summed E-state index contributed by atoms with van der Waals surface area (Å²) in [6, 6.07) is 1.35. The number of anilines is 1. The van der Waals surface area contributed by atoms with E-state index in [2.05, 4.69) is 24.7 Å². The second-order valence-electron chi connectivity index (χ2n) is 5.95. The highest BCUT2D eigenvalue weighted by molar-refractivity contribution is 7.66. The number of phosphoric acid groups is 3. The maximum atomic E-state index is 12.0. The molecule has 0 spiro atoms. The molecular weight excluding hydrogens is 487 g/mol. The van der Waals surface area contributed by atoms with E-state index in [4.69, 9.17) is 25.0 Å². The van der Waals surface area contributed by atoms with Crippen molar-refractivity contribution >= 4 is 29.3 Å². The highest BCUT2D eigenvalue weighted by Gasteiger charge is 2.43. The van der Waals surface area contributed by atoms with Crippen molar-refractivity contribution in [3.05, 3.63) is 35.4 Å². The summed E-state index contributed by atoms with van der Waals surface area (Å²) in [6.45, 7) is 2.81. The van der Waals surface area contributed by atoms with Crippen LogP contribution in [0.3, 0.4) is 0 Å². The van der Waals surface area contributed by atoms with E-state index in [0.29, 0.717) is 0 Å². The number of nitrogens with two attached hydrogens (primary N) is 1. The van der Waals surface area contributed by atoms with Crippen LogP contribution in [0.1, 0.15) is 12.6 Å². The Morgan fingerprint density at radius 3 is 2.52 bits per heavy atom. The highest BCUT2D eigenvalue weighted by Crippen LogP contribution is 2.66. The van der Waals surface area contributed by atoms with Gasteiger partial charge in [0.1, 0.15) is 18.1 Å². The van der Waals surface area contributed by atoms with E-state index in [9.17, 15) is 28.3 Å². The molecule has 0 bridgehead atoms. The Morgan fingerprint density at radius 1 is 1.26 bits per heavy atom. The maximum absolute atomic E-state index is 12.0. The second-order valence-corrected chi connectivity index (χ2v) is 10.4. The summed E-state index contributed by atoms with van der Waals surface area (Å²) in [7, 11) is -16.5. The van der Waals surface area contributed by atoms with Crippen molar-refractivity contribution in [2.45, 2.75) is 24.9 Å². The van der Waals surface area contributed by atoms with Gasteiger partial charge in [-0.2, -0.15) is 13.6 Å². The average Bonchev–Trinajstić information content (AvgIpc) is 2.97. The number of aromatic nitrogens is 2. The Morgan fingerprint density at radius 2 is 1.94 bits per heavy atom. The molecule has 1 aromatic heterocycles. The second kappa shape index (κ2) is 10.1. The van der Waals surface area contributed by atoms with Gasteiger partial charge in [-0.05, 0) is 6.07 Å². The van der Waals surface area contributed by atoms with Crippen molar-refractivity contribution < 1.29 is 55.9 Å². The lowest BCUT2D eigenvalue weighted by molar-refractivity contribution is -0.0570. The van der Waals surface area contributed by atoms with Crippen molar-refractivity contribution in [1.29, 1.82) is 0 Å². The fraction of sp³-hybridized carbons (Fsp3) is 0.500. The number of rotatable bonds is 11. The molecule has 1 aromatic rings. The third-order valence-electron chi connectivity index (χ3n) is 3.59. The Hall–Kier alpha value is -1.25. The normalized spacial score (nSPS) is 25.6. The Bertz CT molecular complexity index is 993. The maximum Gasteiger partial charge on any atom is 0.490 e. The number of ether oxygens (including phenoxy) is 2. The summed E-state index contributed by atoms with van der Waals surface area (Å²) < 4.78 is 58.0. The Labute approximate surface area is 174 Å². The van der Waals surface area contributed by atoms with Gasteiger partial charge in [0, 0.05) is 12.6 Å². The van der Waals surface area contributed by atoms with E-state index in [1.165, 1.54) is 18.3 Å². The van der Waals surface area contributed by atoms with Crippen LogP contribution in [-0.4, -0.2) is 54.5 Å². The molecule has 0 aromatic carbocycles. The van der Waals surface area contributed by atoms with E-state index in [-0.39, 0.29) is 18.8 Å². The molecule has 0 saturated carbocycles. The molecule has 5 atom stereocenters. The van der Waals surface area contributed by atoms with Crippen LogP contribution >= 0.6 is 23.5 Å². The molecular formula is C12H20N3O13P3. The van der Waals surface area contributed by atoms with Crippen molar-refractivity contribution in [3.8, 4) is 0 Å². The summed E-state index contributed by atoms with van der Waals surface area (Å²) in [6.07, 6.45) is 0.0712. The summed E-state index contributed by atoms with van der Waals surface area (Å²) >= 11 is 0. The van der Waals surface area contributed by atoms with Crippen molar-refractivity contribution in [1.82, 2.24) is 9.55 Å². The molecule has 1 saturated heterocycles. The molecule has 19 heteroatoms. The molecule has 2 rings (SSSR count). The minimum Gasteiger partial charge on any atom is -0.383 e. The molecule has 0 amide bonds. The van der Waals surface area contributed by atoms with Gasteiger partial charge in [-0.15, -0.1) is 6.58 Å². The van der Waals surface area contributed by atoms with Crippen LogP contribution in [0.4, 0.5) is 5.82 Å². The lowest BCUT2D eigenvalue weighted by Gasteiger charge is -2.21. The van der Waals surface area contributed by atoms with E-state index in [1.54, 1.807) is 0 Å². The molecule has 16 nitrogen and oxygen atoms in total. The van der Waals surface area contributed by atoms with Gasteiger partial charge in [0.15, 0.2) is 0 Å². The first-order chi connectivity index (χ1) is 14.2. The van der Waals surface area contributed by atoms with Gasteiger partial charge in [-0.3, -0.25) is 9.09 Å². The minimum absolute atomic E-state index is 0.0112. The van der Waals surface area contributed by atoms with E-state index in [0.717, 1.165) is 4.57 Å². The number of nitrogen functional groups attached to an aromatic ring is 1. The van der Waals surface area contributed by atoms with Gasteiger partial charge in [-0.1, -0.05) is 6.08 Å². The molecule has 1 fully saturated rings. The number of hydrogen-bond donors (Lipinski definition) is 5. The van der Waals surface area contributed by atoms with Crippen LogP contribution in [0.5, 0.6) is 0 Å². The molecule has 2 unspecified atom stereocenters. The zero-order chi connectivity index (χ0) is 23.4. The van der Waals surface area contributed by atoms with Gasteiger partial charge < -0.3 is 34.8 Å². The Balaban J connectivity index is 2.09. The first kappa shape index (κ1) is 26.0. The molecule has 6 N–H and O–H groups in total. The molecule has 2 heterocycles. The fourth-order valence-electron chi connectivity index (χ4n) is 2.50. The van der Waals surface area contributed by atoms with Crippen LogP contribution in [-0.2, 0) is 36.3 Å². The largest absolute Gasteiger partial charge is 0.490 e. The molecule has 176 valence electrons. The summed E-state index contributed by atoms with van der Waals surface area (Å²) in [5, 5.41) is 0. The van der Waals surface area contributed by atoms with Crippen molar-refractivity contribution in [2.75, 3.05) is 18.9 Å². The zero-order valence-electron chi connectivity index (χ0n) is 15.6. The van der Waals surface area contributed by atoms with Gasteiger partial charge in [-0.25, -0.2) is 18.5 Å². The quantitative estimate of drug-likeness (QED) is 0.196. The van der Waals surface area contributed by atoms with Crippen LogP contribution < -0.4 is 11.4 Å². The third-order valence-corrected chi connectivity index (χ3v) is 7.39. The standard InChI is InChI=1S/C12H20N3O13P3/c1-2-5-24-8-6-11(15-4-3-10(13)14-12(15)16)26-9(8)7-25-30(20,21)28-31(22,23)27-29(17,18)19/h2-4,8-9,11H,1,5-7H2,(H,20,21)(H,22,23)(H2,13,14,16)(H2,17,18,19)/t8-,9+,11+/m0/s1. The van der Waals surface area contributed by atoms with E-state index in [1.807, 2.05) is 0 Å². The average molecular weight is 507 g/mol. The fourth-order valence-corrected chi connectivity index (χ4v) is 5.53. The van der Waals surface area contributed by atoms with E-state index >= 15 is 0 Å². The highest BCUT2D eigenvalue weighted by atomic mass is 31.3. The Kier molecular flexibility index (Phi) is 8.50. The van der Waals surface area contributed by atoms with Crippen LogP contribution in [0.15, 0.2) is 29.7 Å². The predicted octanol–water partition coefficient (Wildman–Crippen LogP) is 0.0275. The molecule has 0 radical (unpaired) electrons. The molecule has 0 aliphatic carbocycles. The first-order valence-electron chi connectivity index (χ1n) is 8.22. The minimum atomic E-state index is -5.65. The van der Waals surface area contributed by atoms with Crippen molar-refractivity contribution in [2.24, 2.45) is 0 Å². The molecule has 31 heavy (non-hydrogen) atoms. The topological polar surface area (TPSA) is 239 Å². The zero-order valence-corrected chi connectivity index (χ0v) is 18.3. The monoisotopic (exact) mass is 507 g/mol. The third kappa shape index (κ3) is 8.31. The van der Waals surface area contributed by atoms with Crippen molar-refractivity contribution in [3.63, 3.8) is 0 Å². The smallest absolute Gasteiger partial charge is 0.383 e. The van der Waals surface area contributed by atoms with Gasteiger partial charge in [0.05, 0.1) is 19.3 Å². The van der Waals surface area contributed by atoms with E-state index < -0.39 is 54.2 Å². The molecule has 1 aliphatic rings.